The van der Waals surface area contributed by atoms with Gasteiger partial charge in [0.15, 0.2) is 0 Å². The van der Waals surface area contributed by atoms with E-state index >= 15 is 0 Å². The minimum absolute atomic E-state index is 0.121. The van der Waals surface area contributed by atoms with Crippen molar-refractivity contribution in [3.8, 4) is 11.3 Å². The van der Waals surface area contributed by atoms with Crippen molar-refractivity contribution in [2.75, 3.05) is 13.1 Å². The Kier molecular flexibility index (Phi) is 4.93. The van der Waals surface area contributed by atoms with Crippen molar-refractivity contribution < 1.29 is 9.59 Å². The van der Waals surface area contributed by atoms with Gasteiger partial charge in [-0.1, -0.05) is 60.7 Å². The molecule has 0 radical (unpaired) electrons. The Bertz CT molecular complexity index is 982. The molecule has 0 aliphatic carbocycles. The van der Waals surface area contributed by atoms with Crippen molar-refractivity contribution >= 4 is 11.8 Å². The maximum absolute atomic E-state index is 13.3. The highest BCUT2D eigenvalue weighted by Crippen LogP contribution is 2.24. The lowest BCUT2D eigenvalue weighted by Crippen LogP contribution is -2.58. The first kappa shape index (κ1) is 18.0. The van der Waals surface area contributed by atoms with Gasteiger partial charge in [-0.25, -0.2) is 0 Å². The van der Waals surface area contributed by atoms with E-state index in [1.165, 1.54) is 0 Å². The fraction of sp³-hybridized carbons (Fsp3) is 0.227. The van der Waals surface area contributed by atoms with Crippen molar-refractivity contribution in [2.24, 2.45) is 0 Å². The number of nitrogens with zero attached hydrogens (tertiary/aromatic N) is 2. The Morgan fingerprint density at radius 3 is 2.50 bits per heavy atom. The third-order valence-corrected chi connectivity index (χ3v) is 5.13. The van der Waals surface area contributed by atoms with Gasteiger partial charge in [-0.15, -0.1) is 0 Å². The Labute approximate surface area is 163 Å². The highest BCUT2D eigenvalue weighted by atomic mass is 16.2. The van der Waals surface area contributed by atoms with Crippen LogP contribution < -0.4 is 5.32 Å². The fourth-order valence-corrected chi connectivity index (χ4v) is 3.62. The molecule has 0 unspecified atom stereocenters. The van der Waals surface area contributed by atoms with E-state index in [4.69, 9.17) is 0 Å². The van der Waals surface area contributed by atoms with Gasteiger partial charge in [-0.2, -0.15) is 5.10 Å². The zero-order chi connectivity index (χ0) is 19.5. The highest BCUT2D eigenvalue weighted by Gasteiger charge is 2.35. The summed E-state index contributed by atoms with van der Waals surface area (Å²) in [4.78, 5) is 27.5. The maximum atomic E-state index is 13.3. The van der Waals surface area contributed by atoms with Crippen LogP contribution in [0.1, 0.15) is 21.6 Å². The number of carbonyl (C=O) groups excluding carboxylic acids is 2. The number of amides is 2. The summed E-state index contributed by atoms with van der Waals surface area (Å²) in [6.07, 6.45) is 0.483. The van der Waals surface area contributed by atoms with E-state index in [1.54, 1.807) is 4.90 Å². The number of benzene rings is 2. The third kappa shape index (κ3) is 3.41. The number of hydrogen-bond donors (Lipinski definition) is 2. The molecule has 1 aromatic heterocycles. The molecule has 1 aliphatic rings. The predicted octanol–water partition coefficient (Wildman–Crippen LogP) is 2.57. The summed E-state index contributed by atoms with van der Waals surface area (Å²) in [5.74, 6) is -0.313. The molecule has 0 spiro atoms. The molecule has 1 atom stereocenters. The minimum Gasteiger partial charge on any atom is -0.353 e. The van der Waals surface area contributed by atoms with Gasteiger partial charge in [0, 0.05) is 30.6 Å². The van der Waals surface area contributed by atoms with Crippen LogP contribution in [-0.4, -0.2) is 46.0 Å². The fourth-order valence-electron chi connectivity index (χ4n) is 3.62. The lowest BCUT2D eigenvalue weighted by Gasteiger charge is -2.35. The molecule has 1 fully saturated rings. The number of piperazine rings is 1. The van der Waals surface area contributed by atoms with Crippen LogP contribution >= 0.6 is 0 Å². The van der Waals surface area contributed by atoms with Crippen LogP contribution in [0.5, 0.6) is 0 Å². The summed E-state index contributed by atoms with van der Waals surface area (Å²) in [6, 6.07) is 19.0. The van der Waals surface area contributed by atoms with Gasteiger partial charge in [-0.05, 0) is 12.5 Å². The molecular weight excluding hydrogens is 352 g/mol. The average Bonchev–Trinajstić information content (AvgIpc) is 3.12. The Morgan fingerprint density at radius 1 is 1.11 bits per heavy atom. The summed E-state index contributed by atoms with van der Waals surface area (Å²) in [7, 11) is 0. The van der Waals surface area contributed by atoms with Crippen LogP contribution in [0.2, 0.25) is 0 Å². The molecular formula is C22H22N4O2. The summed E-state index contributed by atoms with van der Waals surface area (Å²) in [5, 5.41) is 10.1. The van der Waals surface area contributed by atoms with Crippen molar-refractivity contribution in [2.45, 2.75) is 19.4 Å². The van der Waals surface area contributed by atoms with Crippen molar-refractivity contribution in [3.05, 3.63) is 77.5 Å². The van der Waals surface area contributed by atoms with Gasteiger partial charge in [-0.3, -0.25) is 14.7 Å². The quantitative estimate of drug-likeness (QED) is 0.737. The molecule has 6 heteroatoms. The van der Waals surface area contributed by atoms with E-state index in [9.17, 15) is 9.59 Å². The lowest BCUT2D eigenvalue weighted by molar-refractivity contribution is -0.127. The standard InChI is InChI=1S/C22H22N4O2/c1-15-19(17-10-6-3-7-11-17)24-25-20(15)22(28)26-13-12-23-21(27)18(26)14-16-8-4-2-5-9-16/h2-11,18H,12-14H2,1H3,(H,23,27)(H,24,25)/t18-/m1/s1. The molecule has 28 heavy (non-hydrogen) atoms. The molecule has 0 bridgehead atoms. The molecule has 2 N–H and O–H groups in total. The SMILES string of the molecule is Cc1c(-c2ccccc2)n[nH]c1C(=O)N1CCNC(=O)[C@H]1Cc1ccccc1. The van der Waals surface area contributed by atoms with Crippen LogP contribution in [0.3, 0.4) is 0 Å². The molecule has 1 aliphatic heterocycles. The second-order valence-corrected chi connectivity index (χ2v) is 6.93. The van der Waals surface area contributed by atoms with Crippen LogP contribution in [0.25, 0.3) is 11.3 Å². The number of nitrogens with one attached hydrogen (secondary N) is 2. The smallest absolute Gasteiger partial charge is 0.272 e. The number of carbonyl (C=O) groups is 2. The van der Waals surface area contributed by atoms with E-state index in [1.807, 2.05) is 67.6 Å². The molecule has 6 nitrogen and oxygen atoms in total. The van der Waals surface area contributed by atoms with Gasteiger partial charge in [0.1, 0.15) is 11.7 Å². The normalized spacial score (nSPS) is 16.7. The first-order valence-electron chi connectivity index (χ1n) is 9.38. The second kappa shape index (κ2) is 7.68. The van der Waals surface area contributed by atoms with Gasteiger partial charge < -0.3 is 10.2 Å². The zero-order valence-electron chi connectivity index (χ0n) is 15.7. The van der Waals surface area contributed by atoms with E-state index in [0.29, 0.717) is 25.2 Å². The molecule has 2 aromatic carbocycles. The molecule has 2 heterocycles. The van der Waals surface area contributed by atoms with Crippen molar-refractivity contribution in [1.82, 2.24) is 20.4 Å². The topological polar surface area (TPSA) is 78.1 Å². The van der Waals surface area contributed by atoms with Crippen molar-refractivity contribution in [1.29, 1.82) is 0 Å². The predicted molar refractivity (Wildman–Crippen MR) is 107 cm³/mol. The second-order valence-electron chi connectivity index (χ2n) is 6.93. The van der Waals surface area contributed by atoms with E-state index in [0.717, 1.165) is 22.4 Å². The number of rotatable bonds is 4. The van der Waals surface area contributed by atoms with E-state index < -0.39 is 6.04 Å². The third-order valence-electron chi connectivity index (χ3n) is 5.13. The van der Waals surface area contributed by atoms with E-state index in [2.05, 4.69) is 15.5 Å². The molecule has 0 saturated carbocycles. The lowest BCUT2D eigenvalue weighted by atomic mass is 10.0. The van der Waals surface area contributed by atoms with Gasteiger partial charge >= 0.3 is 0 Å². The number of H-pyrrole nitrogens is 1. The van der Waals surface area contributed by atoms with Gasteiger partial charge in [0.25, 0.3) is 5.91 Å². The zero-order valence-corrected chi connectivity index (χ0v) is 15.7. The summed E-state index contributed by atoms with van der Waals surface area (Å²) < 4.78 is 0. The minimum atomic E-state index is -0.536. The van der Waals surface area contributed by atoms with Crippen LogP contribution in [0.4, 0.5) is 0 Å². The average molecular weight is 374 g/mol. The number of aromatic nitrogens is 2. The Balaban J connectivity index is 1.62. The first-order valence-corrected chi connectivity index (χ1v) is 9.38. The van der Waals surface area contributed by atoms with Gasteiger partial charge in [0.2, 0.25) is 5.91 Å². The van der Waals surface area contributed by atoms with Crippen LogP contribution in [0.15, 0.2) is 60.7 Å². The molecule has 3 aromatic rings. The van der Waals surface area contributed by atoms with E-state index in [-0.39, 0.29) is 11.8 Å². The highest BCUT2D eigenvalue weighted by molar-refractivity contribution is 5.99. The first-order chi connectivity index (χ1) is 13.6. The largest absolute Gasteiger partial charge is 0.353 e. The van der Waals surface area contributed by atoms with Gasteiger partial charge in [0.05, 0.1) is 5.69 Å². The number of aromatic amines is 1. The molecule has 1 saturated heterocycles. The maximum Gasteiger partial charge on any atom is 0.272 e. The summed E-state index contributed by atoms with van der Waals surface area (Å²) in [5.41, 5.74) is 3.96. The molecule has 2 amide bonds. The Hall–Kier alpha value is -3.41. The molecule has 142 valence electrons. The van der Waals surface area contributed by atoms with Crippen LogP contribution in [-0.2, 0) is 11.2 Å². The molecule has 4 rings (SSSR count). The Morgan fingerprint density at radius 2 is 1.79 bits per heavy atom. The van der Waals surface area contributed by atoms with Crippen LogP contribution in [0, 0.1) is 6.92 Å². The summed E-state index contributed by atoms with van der Waals surface area (Å²) in [6.45, 7) is 2.81. The monoisotopic (exact) mass is 374 g/mol. The summed E-state index contributed by atoms with van der Waals surface area (Å²) >= 11 is 0. The van der Waals surface area contributed by atoms with Crippen molar-refractivity contribution in [3.63, 3.8) is 0 Å². The number of hydrogen-bond acceptors (Lipinski definition) is 3.